The number of ether oxygens (including phenoxy) is 1. The summed E-state index contributed by atoms with van der Waals surface area (Å²) in [6.45, 7) is 0. The van der Waals surface area contributed by atoms with E-state index < -0.39 is 5.91 Å². The van der Waals surface area contributed by atoms with Crippen molar-refractivity contribution in [2.75, 3.05) is 7.11 Å². The monoisotopic (exact) mass is 245 g/mol. The van der Waals surface area contributed by atoms with Crippen LogP contribution in [-0.4, -0.2) is 22.6 Å². The van der Waals surface area contributed by atoms with Crippen LogP contribution >= 0.6 is 0 Å². The summed E-state index contributed by atoms with van der Waals surface area (Å²) in [6, 6.07) is 7.61. The largest absolute Gasteiger partial charge is 0.496 e. The highest BCUT2D eigenvalue weighted by molar-refractivity contribution is 5.76. The lowest BCUT2D eigenvalue weighted by Crippen LogP contribution is -2.16. The summed E-state index contributed by atoms with van der Waals surface area (Å²) in [5, 5.41) is 0. The molecule has 0 aliphatic carbocycles. The minimum absolute atomic E-state index is 0.131. The van der Waals surface area contributed by atoms with Crippen LogP contribution in [0.25, 0.3) is 11.3 Å². The lowest BCUT2D eigenvalue weighted by molar-refractivity contribution is -0.117. The Kier molecular flexibility index (Phi) is 3.32. The summed E-state index contributed by atoms with van der Waals surface area (Å²) in [5.74, 6) is 1.000. The molecule has 0 aliphatic heterocycles. The first-order valence-corrected chi connectivity index (χ1v) is 5.55. The van der Waals surface area contributed by atoms with Gasteiger partial charge in [-0.3, -0.25) is 4.79 Å². The van der Waals surface area contributed by atoms with E-state index >= 15 is 0 Å². The van der Waals surface area contributed by atoms with E-state index in [0.717, 1.165) is 17.0 Å². The molecule has 0 bridgehead atoms. The predicted octanol–water partition coefficient (Wildman–Crippen LogP) is 1.12. The summed E-state index contributed by atoms with van der Waals surface area (Å²) < 4.78 is 7.09. The van der Waals surface area contributed by atoms with Gasteiger partial charge in [-0.2, -0.15) is 0 Å². The molecule has 5 nitrogen and oxygen atoms in total. The summed E-state index contributed by atoms with van der Waals surface area (Å²) in [4.78, 5) is 15.3. The second kappa shape index (κ2) is 4.91. The van der Waals surface area contributed by atoms with Gasteiger partial charge in [-0.15, -0.1) is 0 Å². The first-order chi connectivity index (χ1) is 8.61. The number of aryl methyl sites for hydroxylation is 1. The number of amides is 1. The van der Waals surface area contributed by atoms with Gasteiger partial charge in [0, 0.05) is 18.8 Å². The zero-order valence-corrected chi connectivity index (χ0v) is 10.4. The maximum absolute atomic E-state index is 10.9. The number of imidazole rings is 1. The van der Waals surface area contributed by atoms with Gasteiger partial charge in [0.25, 0.3) is 0 Å². The van der Waals surface area contributed by atoms with Crippen molar-refractivity contribution in [3.63, 3.8) is 0 Å². The minimum Gasteiger partial charge on any atom is -0.496 e. The van der Waals surface area contributed by atoms with Gasteiger partial charge in [-0.1, -0.05) is 12.1 Å². The number of nitrogens with zero attached hydrogens (tertiary/aromatic N) is 2. The third-order valence-electron chi connectivity index (χ3n) is 2.69. The maximum Gasteiger partial charge on any atom is 0.225 e. The molecule has 1 amide bonds. The minimum atomic E-state index is -0.393. The number of hydrogen-bond donors (Lipinski definition) is 1. The van der Waals surface area contributed by atoms with Crippen molar-refractivity contribution in [2.24, 2.45) is 12.8 Å². The van der Waals surface area contributed by atoms with E-state index in [1.807, 2.05) is 37.5 Å². The van der Waals surface area contributed by atoms with Crippen LogP contribution in [0, 0.1) is 0 Å². The van der Waals surface area contributed by atoms with E-state index in [0.29, 0.717) is 5.82 Å². The van der Waals surface area contributed by atoms with Crippen LogP contribution in [0.3, 0.4) is 0 Å². The number of methoxy groups -OCH3 is 1. The van der Waals surface area contributed by atoms with Gasteiger partial charge in [-0.05, 0) is 12.1 Å². The third kappa shape index (κ3) is 2.34. The Morgan fingerprint density at radius 2 is 2.17 bits per heavy atom. The molecular weight excluding hydrogens is 230 g/mol. The average molecular weight is 245 g/mol. The predicted molar refractivity (Wildman–Crippen MR) is 68.1 cm³/mol. The number of nitrogens with two attached hydrogens (primary N) is 1. The molecule has 1 aromatic heterocycles. The van der Waals surface area contributed by atoms with Crippen LogP contribution < -0.4 is 10.5 Å². The second-order valence-corrected chi connectivity index (χ2v) is 4.00. The van der Waals surface area contributed by atoms with Crippen LogP contribution in [0.1, 0.15) is 5.82 Å². The van der Waals surface area contributed by atoms with E-state index in [4.69, 9.17) is 10.5 Å². The Bertz CT molecular complexity index is 575. The van der Waals surface area contributed by atoms with Crippen LogP contribution in [-0.2, 0) is 18.3 Å². The summed E-state index contributed by atoms with van der Waals surface area (Å²) >= 11 is 0. The molecular formula is C13H15N3O2. The van der Waals surface area contributed by atoms with Crippen LogP contribution in [0.5, 0.6) is 5.75 Å². The number of rotatable bonds is 4. The molecule has 0 unspecified atom stereocenters. The Labute approximate surface area is 105 Å². The van der Waals surface area contributed by atoms with Gasteiger partial charge in [0.2, 0.25) is 5.91 Å². The van der Waals surface area contributed by atoms with E-state index in [2.05, 4.69) is 4.98 Å². The molecule has 0 atom stereocenters. The van der Waals surface area contributed by atoms with Crippen molar-refractivity contribution < 1.29 is 9.53 Å². The number of benzene rings is 1. The third-order valence-corrected chi connectivity index (χ3v) is 2.69. The van der Waals surface area contributed by atoms with Crippen LogP contribution in [0.2, 0.25) is 0 Å². The standard InChI is InChI=1S/C13H15N3O2/c1-16-8-10(15-13(16)7-12(14)17)9-5-3-4-6-11(9)18-2/h3-6,8H,7H2,1-2H3,(H2,14,17). The van der Waals surface area contributed by atoms with Gasteiger partial charge in [0.05, 0.1) is 19.2 Å². The number of primary amides is 1. The fourth-order valence-corrected chi connectivity index (χ4v) is 1.81. The zero-order chi connectivity index (χ0) is 13.1. The molecule has 5 heteroatoms. The van der Waals surface area contributed by atoms with Crippen molar-refractivity contribution in [1.82, 2.24) is 9.55 Å². The summed E-state index contributed by atoms with van der Waals surface area (Å²) in [5.41, 5.74) is 6.84. The van der Waals surface area contributed by atoms with E-state index in [9.17, 15) is 4.79 Å². The van der Waals surface area contributed by atoms with Crippen molar-refractivity contribution in [3.05, 3.63) is 36.3 Å². The number of carbonyl (C=O) groups excluding carboxylic acids is 1. The highest BCUT2D eigenvalue weighted by Crippen LogP contribution is 2.28. The maximum atomic E-state index is 10.9. The molecule has 1 aromatic carbocycles. The quantitative estimate of drug-likeness (QED) is 0.877. The highest BCUT2D eigenvalue weighted by Gasteiger charge is 2.12. The summed E-state index contributed by atoms with van der Waals surface area (Å²) in [7, 11) is 3.45. The molecule has 0 aliphatic rings. The van der Waals surface area contributed by atoms with Gasteiger partial charge in [0.1, 0.15) is 11.6 Å². The van der Waals surface area contributed by atoms with Gasteiger partial charge >= 0.3 is 0 Å². The zero-order valence-electron chi connectivity index (χ0n) is 10.4. The molecule has 2 N–H and O–H groups in total. The van der Waals surface area contributed by atoms with E-state index in [-0.39, 0.29) is 6.42 Å². The van der Waals surface area contributed by atoms with Crippen molar-refractivity contribution in [2.45, 2.75) is 6.42 Å². The Morgan fingerprint density at radius 3 is 2.83 bits per heavy atom. The molecule has 0 radical (unpaired) electrons. The Hall–Kier alpha value is -2.30. The lowest BCUT2D eigenvalue weighted by Gasteiger charge is -2.04. The Morgan fingerprint density at radius 1 is 1.44 bits per heavy atom. The van der Waals surface area contributed by atoms with Crippen molar-refractivity contribution in [1.29, 1.82) is 0 Å². The van der Waals surface area contributed by atoms with Crippen LogP contribution in [0.4, 0.5) is 0 Å². The van der Waals surface area contributed by atoms with Gasteiger partial charge in [0.15, 0.2) is 0 Å². The number of carbonyl (C=O) groups is 1. The fraction of sp³-hybridized carbons (Fsp3) is 0.231. The smallest absolute Gasteiger partial charge is 0.225 e. The van der Waals surface area contributed by atoms with Crippen LogP contribution in [0.15, 0.2) is 30.5 Å². The van der Waals surface area contributed by atoms with Gasteiger partial charge < -0.3 is 15.0 Å². The molecule has 2 rings (SSSR count). The SMILES string of the molecule is COc1ccccc1-c1cn(C)c(CC(N)=O)n1. The molecule has 94 valence electrons. The first kappa shape index (κ1) is 12.2. The van der Waals surface area contributed by atoms with E-state index in [1.54, 1.807) is 11.7 Å². The molecule has 2 aromatic rings. The van der Waals surface area contributed by atoms with E-state index in [1.165, 1.54) is 0 Å². The number of para-hydroxylation sites is 1. The fourth-order valence-electron chi connectivity index (χ4n) is 1.81. The molecule has 18 heavy (non-hydrogen) atoms. The average Bonchev–Trinajstić information content (AvgIpc) is 2.70. The van der Waals surface area contributed by atoms with Crippen molar-refractivity contribution >= 4 is 5.91 Å². The molecule has 1 heterocycles. The second-order valence-electron chi connectivity index (χ2n) is 4.00. The Balaban J connectivity index is 2.42. The molecule has 0 fully saturated rings. The van der Waals surface area contributed by atoms with Gasteiger partial charge in [-0.25, -0.2) is 4.98 Å². The lowest BCUT2D eigenvalue weighted by atomic mass is 10.1. The molecule has 0 spiro atoms. The van der Waals surface area contributed by atoms with Crippen molar-refractivity contribution in [3.8, 4) is 17.0 Å². The molecule has 0 saturated heterocycles. The first-order valence-electron chi connectivity index (χ1n) is 5.55. The number of hydrogen-bond acceptors (Lipinski definition) is 3. The normalized spacial score (nSPS) is 10.3. The molecule has 0 saturated carbocycles. The highest BCUT2D eigenvalue weighted by atomic mass is 16.5. The topological polar surface area (TPSA) is 70.1 Å². The number of aromatic nitrogens is 2. The summed E-state index contributed by atoms with van der Waals surface area (Å²) in [6.07, 6.45) is 1.99.